The lowest BCUT2D eigenvalue weighted by molar-refractivity contribution is -0.117. The largest absolute Gasteiger partial charge is 0.330 e. The number of carbonyl (C=O) groups is 1. The summed E-state index contributed by atoms with van der Waals surface area (Å²) < 4.78 is 0. The van der Waals surface area contributed by atoms with Crippen molar-refractivity contribution in [2.45, 2.75) is 6.42 Å². The van der Waals surface area contributed by atoms with Gasteiger partial charge in [0.1, 0.15) is 0 Å². The Kier molecular flexibility index (Phi) is 4.00. The summed E-state index contributed by atoms with van der Waals surface area (Å²) in [5.74, 6) is 0.803. The van der Waals surface area contributed by atoms with E-state index in [2.05, 4.69) is 20.2 Å². The highest BCUT2D eigenvalue weighted by atomic mass is 16.2. The van der Waals surface area contributed by atoms with Crippen molar-refractivity contribution in [3.63, 3.8) is 0 Å². The minimum Gasteiger partial charge on any atom is -0.330 e. The molecule has 1 saturated heterocycles. The van der Waals surface area contributed by atoms with Gasteiger partial charge in [-0.15, -0.1) is 0 Å². The number of likely N-dealkylation sites (tertiary alicyclic amines) is 1. The number of rotatable bonds is 4. The molecule has 0 aliphatic carbocycles. The number of hydrogen-bond donors (Lipinski definition) is 2. The Morgan fingerprint density at radius 2 is 2.29 bits per heavy atom. The van der Waals surface area contributed by atoms with Crippen LogP contribution < -0.4 is 11.1 Å². The minimum atomic E-state index is -0.0751. The van der Waals surface area contributed by atoms with E-state index in [1.54, 1.807) is 18.5 Å². The predicted octanol–water partition coefficient (Wildman–Crippen LogP) is -0.304. The van der Waals surface area contributed by atoms with Gasteiger partial charge >= 0.3 is 0 Å². The molecule has 1 amide bonds. The van der Waals surface area contributed by atoms with E-state index in [0.29, 0.717) is 25.0 Å². The Morgan fingerprint density at radius 1 is 1.53 bits per heavy atom. The number of nitrogens with zero attached hydrogens (tertiary/aromatic N) is 3. The number of amides is 1. The summed E-state index contributed by atoms with van der Waals surface area (Å²) in [5.41, 5.74) is 5.60. The fourth-order valence-electron chi connectivity index (χ4n) is 1.98. The normalized spacial score (nSPS) is 20.4. The summed E-state index contributed by atoms with van der Waals surface area (Å²) in [6.07, 6.45) is 4.28. The van der Waals surface area contributed by atoms with Crippen molar-refractivity contribution < 1.29 is 4.79 Å². The number of anilines is 1. The molecule has 1 fully saturated rings. The zero-order valence-corrected chi connectivity index (χ0v) is 9.67. The highest BCUT2D eigenvalue weighted by molar-refractivity contribution is 5.90. The Labute approximate surface area is 100 Å². The van der Waals surface area contributed by atoms with Gasteiger partial charge in [0, 0.05) is 18.9 Å². The first-order valence-electron chi connectivity index (χ1n) is 5.77. The molecule has 1 unspecified atom stereocenters. The Bertz CT molecular complexity index is 369. The molecule has 1 aromatic rings. The van der Waals surface area contributed by atoms with Crippen LogP contribution in [0.1, 0.15) is 6.42 Å². The Hall–Kier alpha value is -1.53. The van der Waals surface area contributed by atoms with Crippen molar-refractivity contribution in [2.75, 3.05) is 31.5 Å². The fourth-order valence-corrected chi connectivity index (χ4v) is 1.98. The molecule has 0 radical (unpaired) electrons. The first kappa shape index (κ1) is 11.9. The number of nitrogens with one attached hydrogen (secondary N) is 1. The van der Waals surface area contributed by atoms with E-state index in [4.69, 9.17) is 5.73 Å². The molecule has 6 nitrogen and oxygen atoms in total. The van der Waals surface area contributed by atoms with E-state index < -0.39 is 0 Å². The van der Waals surface area contributed by atoms with Crippen LogP contribution in [0.3, 0.4) is 0 Å². The standard InChI is InChI=1S/C11H17N5O/c12-6-9-2-5-16(7-9)8-10(17)15-11-13-3-1-4-14-11/h1,3-4,9H,2,5-8,12H2,(H,13,14,15,17). The first-order valence-corrected chi connectivity index (χ1v) is 5.77. The summed E-state index contributed by atoms with van der Waals surface area (Å²) in [6.45, 7) is 2.92. The molecule has 1 aliphatic rings. The van der Waals surface area contributed by atoms with Gasteiger partial charge in [0.25, 0.3) is 0 Å². The molecule has 3 N–H and O–H groups in total. The Balaban J connectivity index is 1.78. The van der Waals surface area contributed by atoms with Crippen molar-refractivity contribution in [3.8, 4) is 0 Å². The molecule has 1 aromatic heterocycles. The summed E-state index contributed by atoms with van der Waals surface area (Å²) in [4.78, 5) is 21.7. The third-order valence-electron chi connectivity index (χ3n) is 2.89. The van der Waals surface area contributed by atoms with Gasteiger partial charge in [-0.1, -0.05) is 0 Å². The zero-order valence-electron chi connectivity index (χ0n) is 9.67. The lowest BCUT2D eigenvalue weighted by Crippen LogP contribution is -2.32. The van der Waals surface area contributed by atoms with Crippen LogP contribution in [0.25, 0.3) is 0 Å². The average Bonchev–Trinajstić information content (AvgIpc) is 2.78. The van der Waals surface area contributed by atoms with E-state index in [1.165, 1.54) is 0 Å². The second kappa shape index (κ2) is 5.70. The molecule has 0 bridgehead atoms. The van der Waals surface area contributed by atoms with Crippen LogP contribution in [0, 0.1) is 5.92 Å². The topological polar surface area (TPSA) is 84.1 Å². The maximum absolute atomic E-state index is 11.7. The molecule has 2 heterocycles. The summed E-state index contributed by atoms with van der Waals surface area (Å²) in [7, 11) is 0. The van der Waals surface area contributed by atoms with E-state index in [-0.39, 0.29) is 5.91 Å². The molecule has 1 aliphatic heterocycles. The summed E-state index contributed by atoms with van der Waals surface area (Å²) >= 11 is 0. The van der Waals surface area contributed by atoms with Gasteiger partial charge in [-0.25, -0.2) is 9.97 Å². The van der Waals surface area contributed by atoms with Gasteiger partial charge in [-0.2, -0.15) is 0 Å². The minimum absolute atomic E-state index is 0.0751. The van der Waals surface area contributed by atoms with Crippen molar-refractivity contribution >= 4 is 11.9 Å². The molecular formula is C11H17N5O. The quantitative estimate of drug-likeness (QED) is 0.748. The Morgan fingerprint density at radius 3 is 2.94 bits per heavy atom. The van der Waals surface area contributed by atoms with E-state index >= 15 is 0 Å². The van der Waals surface area contributed by atoms with Crippen LogP contribution in [0.4, 0.5) is 5.95 Å². The molecule has 6 heteroatoms. The molecule has 0 saturated carbocycles. The second-order valence-corrected chi connectivity index (χ2v) is 4.25. The second-order valence-electron chi connectivity index (χ2n) is 4.25. The van der Waals surface area contributed by atoms with Crippen molar-refractivity contribution in [2.24, 2.45) is 11.7 Å². The van der Waals surface area contributed by atoms with Gasteiger partial charge in [0.05, 0.1) is 6.54 Å². The highest BCUT2D eigenvalue weighted by Gasteiger charge is 2.22. The fraction of sp³-hybridized carbons (Fsp3) is 0.545. The van der Waals surface area contributed by atoms with Gasteiger partial charge in [0.2, 0.25) is 11.9 Å². The van der Waals surface area contributed by atoms with Gasteiger partial charge in [0.15, 0.2) is 0 Å². The van der Waals surface area contributed by atoms with E-state index in [9.17, 15) is 4.79 Å². The number of nitrogens with two attached hydrogens (primary N) is 1. The van der Waals surface area contributed by atoms with Crippen molar-refractivity contribution in [1.29, 1.82) is 0 Å². The molecule has 0 aromatic carbocycles. The van der Waals surface area contributed by atoms with E-state index in [1.807, 2.05) is 0 Å². The molecular weight excluding hydrogens is 218 g/mol. The monoisotopic (exact) mass is 235 g/mol. The zero-order chi connectivity index (χ0) is 12.1. The van der Waals surface area contributed by atoms with Gasteiger partial charge in [-0.3, -0.25) is 15.0 Å². The van der Waals surface area contributed by atoms with Gasteiger partial charge in [-0.05, 0) is 31.5 Å². The number of hydrogen-bond acceptors (Lipinski definition) is 5. The van der Waals surface area contributed by atoms with E-state index in [0.717, 1.165) is 19.5 Å². The first-order chi connectivity index (χ1) is 8.28. The number of aromatic nitrogens is 2. The smallest absolute Gasteiger partial charge is 0.240 e. The predicted molar refractivity (Wildman–Crippen MR) is 64.3 cm³/mol. The van der Waals surface area contributed by atoms with Crippen LogP contribution in [0.2, 0.25) is 0 Å². The highest BCUT2D eigenvalue weighted by Crippen LogP contribution is 2.14. The maximum atomic E-state index is 11.7. The molecule has 2 rings (SSSR count). The summed E-state index contributed by atoms with van der Waals surface area (Å²) in [6, 6.07) is 1.71. The lowest BCUT2D eigenvalue weighted by Gasteiger charge is -2.14. The maximum Gasteiger partial charge on any atom is 0.240 e. The van der Waals surface area contributed by atoms with Crippen LogP contribution in [-0.4, -0.2) is 47.0 Å². The van der Waals surface area contributed by atoms with Crippen LogP contribution in [0.15, 0.2) is 18.5 Å². The SMILES string of the molecule is NCC1CCN(CC(=O)Nc2ncccn2)C1. The lowest BCUT2D eigenvalue weighted by atomic mass is 10.1. The molecule has 1 atom stereocenters. The number of carbonyl (C=O) groups excluding carboxylic acids is 1. The van der Waals surface area contributed by atoms with Crippen LogP contribution in [0.5, 0.6) is 0 Å². The average molecular weight is 235 g/mol. The van der Waals surface area contributed by atoms with Crippen molar-refractivity contribution in [1.82, 2.24) is 14.9 Å². The molecule has 92 valence electrons. The van der Waals surface area contributed by atoms with Gasteiger partial charge < -0.3 is 5.73 Å². The van der Waals surface area contributed by atoms with Crippen LogP contribution in [-0.2, 0) is 4.79 Å². The van der Waals surface area contributed by atoms with Crippen molar-refractivity contribution in [3.05, 3.63) is 18.5 Å². The van der Waals surface area contributed by atoms with Crippen LogP contribution >= 0.6 is 0 Å². The third-order valence-corrected chi connectivity index (χ3v) is 2.89. The summed E-state index contributed by atoms with van der Waals surface area (Å²) in [5, 5.41) is 2.67. The third kappa shape index (κ3) is 3.47. The molecule has 17 heavy (non-hydrogen) atoms. The molecule has 0 spiro atoms.